The van der Waals surface area contributed by atoms with Crippen LogP contribution < -0.4 is 5.32 Å². The lowest BCUT2D eigenvalue weighted by molar-refractivity contribution is -0.113. The summed E-state index contributed by atoms with van der Waals surface area (Å²) >= 11 is 1.28. The second-order valence-electron chi connectivity index (χ2n) is 6.23. The topological polar surface area (TPSA) is 65.8 Å². The van der Waals surface area contributed by atoms with E-state index in [2.05, 4.69) is 16.4 Å². The molecule has 0 aliphatic rings. The highest BCUT2D eigenvalue weighted by Gasteiger charge is 2.11. The van der Waals surface area contributed by atoms with E-state index in [0.29, 0.717) is 10.6 Å². The predicted octanol–water partition coefficient (Wildman–Crippen LogP) is 4.76. The molecule has 1 N–H and O–H groups in total. The first kappa shape index (κ1) is 18.0. The number of aryl methyl sites for hydroxylation is 2. The quantitative estimate of drug-likeness (QED) is 0.680. The molecular weight excluding hydrogens is 342 g/mol. The molecule has 130 valence electrons. The van der Waals surface area contributed by atoms with Crippen molar-refractivity contribution in [2.75, 3.05) is 11.1 Å². The summed E-state index contributed by atoms with van der Waals surface area (Å²) in [5.74, 6) is 0.0882. The summed E-state index contributed by atoms with van der Waals surface area (Å²) in [6.07, 6.45) is 0. The third-order valence-electron chi connectivity index (χ3n) is 4.27. The molecule has 26 heavy (non-hydrogen) atoms. The number of benzene rings is 2. The van der Waals surface area contributed by atoms with Crippen molar-refractivity contribution in [3.05, 3.63) is 64.7 Å². The van der Waals surface area contributed by atoms with Gasteiger partial charge >= 0.3 is 0 Å². The molecular formula is C21H19N3OS. The molecule has 5 heteroatoms. The number of rotatable bonds is 4. The Morgan fingerprint density at radius 2 is 2.00 bits per heavy atom. The van der Waals surface area contributed by atoms with E-state index in [1.807, 2.05) is 63.2 Å². The average molecular weight is 361 g/mol. The maximum absolute atomic E-state index is 12.3. The Bertz CT molecular complexity index is 1040. The molecule has 0 radical (unpaired) electrons. The number of nitrogens with one attached hydrogen (secondary N) is 1. The van der Waals surface area contributed by atoms with Gasteiger partial charge in [-0.2, -0.15) is 5.26 Å². The number of carbonyl (C=O) groups excluding carboxylic acids is 1. The minimum Gasteiger partial charge on any atom is -0.325 e. The van der Waals surface area contributed by atoms with Crippen molar-refractivity contribution in [3.8, 4) is 6.07 Å². The Balaban J connectivity index is 1.76. The molecule has 0 aliphatic carbocycles. The first-order valence-corrected chi connectivity index (χ1v) is 9.27. The van der Waals surface area contributed by atoms with Crippen molar-refractivity contribution in [2.24, 2.45) is 0 Å². The molecule has 0 atom stereocenters. The minimum atomic E-state index is -0.113. The number of hydrogen-bond donors (Lipinski definition) is 1. The van der Waals surface area contributed by atoms with E-state index in [4.69, 9.17) is 0 Å². The summed E-state index contributed by atoms with van der Waals surface area (Å²) in [7, 11) is 0. The summed E-state index contributed by atoms with van der Waals surface area (Å²) in [5, 5.41) is 13.9. The second kappa shape index (κ2) is 7.59. The smallest absolute Gasteiger partial charge is 0.234 e. The molecule has 0 spiro atoms. The Morgan fingerprint density at radius 3 is 2.77 bits per heavy atom. The molecule has 3 rings (SSSR count). The van der Waals surface area contributed by atoms with E-state index in [9.17, 15) is 10.1 Å². The normalized spacial score (nSPS) is 10.5. The molecule has 1 amide bonds. The zero-order valence-corrected chi connectivity index (χ0v) is 15.8. The number of anilines is 1. The lowest BCUT2D eigenvalue weighted by atomic mass is 10.1. The summed E-state index contributed by atoms with van der Waals surface area (Å²) in [5.41, 5.74) is 5.45. The largest absolute Gasteiger partial charge is 0.325 e. The summed E-state index contributed by atoms with van der Waals surface area (Å²) in [6.45, 7) is 6.00. The van der Waals surface area contributed by atoms with Crippen LogP contribution in [-0.4, -0.2) is 16.6 Å². The zero-order valence-electron chi connectivity index (χ0n) is 15.0. The van der Waals surface area contributed by atoms with Crippen LogP contribution in [-0.2, 0) is 4.79 Å². The standard InChI is InChI=1S/C21H19N3OS/c1-13-7-8-19-16(9-13)10-17(11-22)21(24-19)26-12-20(25)23-18-6-4-5-14(2)15(18)3/h4-10H,12H2,1-3H3,(H,23,25). The van der Waals surface area contributed by atoms with Crippen molar-refractivity contribution in [3.63, 3.8) is 0 Å². The highest BCUT2D eigenvalue weighted by atomic mass is 32.2. The fourth-order valence-electron chi connectivity index (χ4n) is 2.68. The van der Waals surface area contributed by atoms with E-state index in [-0.39, 0.29) is 11.7 Å². The van der Waals surface area contributed by atoms with Gasteiger partial charge in [0.2, 0.25) is 5.91 Å². The number of hydrogen-bond acceptors (Lipinski definition) is 4. The van der Waals surface area contributed by atoms with Gasteiger partial charge in [-0.05, 0) is 56.2 Å². The predicted molar refractivity (Wildman–Crippen MR) is 106 cm³/mol. The van der Waals surface area contributed by atoms with Gasteiger partial charge in [-0.1, -0.05) is 35.5 Å². The molecule has 0 aliphatic heterocycles. The third-order valence-corrected chi connectivity index (χ3v) is 5.27. The van der Waals surface area contributed by atoms with Crippen molar-refractivity contribution in [1.82, 2.24) is 4.98 Å². The molecule has 0 unspecified atom stereocenters. The van der Waals surface area contributed by atoms with E-state index in [0.717, 1.165) is 33.3 Å². The molecule has 0 fully saturated rings. The Labute approximate surface area is 157 Å². The first-order chi connectivity index (χ1) is 12.5. The van der Waals surface area contributed by atoms with Gasteiger partial charge in [0.05, 0.1) is 16.8 Å². The number of aromatic nitrogens is 1. The molecule has 0 bridgehead atoms. The summed E-state index contributed by atoms with van der Waals surface area (Å²) < 4.78 is 0. The lowest BCUT2D eigenvalue weighted by Crippen LogP contribution is -2.15. The first-order valence-electron chi connectivity index (χ1n) is 8.28. The van der Waals surface area contributed by atoms with E-state index in [1.54, 1.807) is 0 Å². The van der Waals surface area contributed by atoms with Crippen LogP contribution in [0.4, 0.5) is 5.69 Å². The van der Waals surface area contributed by atoms with Crippen molar-refractivity contribution < 1.29 is 4.79 Å². The van der Waals surface area contributed by atoms with Crippen LogP contribution in [0.1, 0.15) is 22.3 Å². The van der Waals surface area contributed by atoms with Crippen molar-refractivity contribution in [1.29, 1.82) is 5.26 Å². The van der Waals surface area contributed by atoms with Gasteiger partial charge in [0.1, 0.15) is 11.1 Å². The monoisotopic (exact) mass is 361 g/mol. The molecule has 3 aromatic rings. The third kappa shape index (κ3) is 3.87. The Kier molecular flexibility index (Phi) is 5.24. The van der Waals surface area contributed by atoms with Crippen LogP contribution in [0.3, 0.4) is 0 Å². The van der Waals surface area contributed by atoms with Crippen LogP contribution in [0.15, 0.2) is 47.5 Å². The Hall–Kier alpha value is -2.84. The molecule has 1 aromatic heterocycles. The SMILES string of the molecule is Cc1ccc2nc(SCC(=O)Nc3cccc(C)c3C)c(C#N)cc2c1. The Morgan fingerprint density at radius 1 is 1.19 bits per heavy atom. The van der Waals surface area contributed by atoms with E-state index in [1.165, 1.54) is 11.8 Å². The number of amides is 1. The molecule has 1 heterocycles. The number of thioether (sulfide) groups is 1. The van der Waals surface area contributed by atoms with E-state index >= 15 is 0 Å². The fraction of sp³-hybridized carbons (Fsp3) is 0.190. The van der Waals surface area contributed by atoms with Crippen LogP contribution in [0.25, 0.3) is 10.9 Å². The van der Waals surface area contributed by atoms with Crippen LogP contribution >= 0.6 is 11.8 Å². The van der Waals surface area contributed by atoms with Gasteiger partial charge < -0.3 is 5.32 Å². The number of carbonyl (C=O) groups is 1. The fourth-order valence-corrected chi connectivity index (χ4v) is 3.44. The number of fused-ring (bicyclic) bond motifs is 1. The van der Waals surface area contributed by atoms with Crippen LogP contribution in [0, 0.1) is 32.1 Å². The van der Waals surface area contributed by atoms with Gasteiger partial charge in [-0.3, -0.25) is 4.79 Å². The molecule has 2 aromatic carbocycles. The van der Waals surface area contributed by atoms with Crippen molar-refractivity contribution in [2.45, 2.75) is 25.8 Å². The highest BCUT2D eigenvalue weighted by molar-refractivity contribution is 8.00. The zero-order chi connectivity index (χ0) is 18.7. The van der Waals surface area contributed by atoms with Gasteiger partial charge in [0.15, 0.2) is 0 Å². The minimum absolute atomic E-state index is 0.113. The summed E-state index contributed by atoms with van der Waals surface area (Å²) in [6, 6.07) is 15.8. The van der Waals surface area contributed by atoms with Gasteiger partial charge in [0, 0.05) is 11.1 Å². The van der Waals surface area contributed by atoms with Crippen LogP contribution in [0.5, 0.6) is 0 Å². The number of pyridine rings is 1. The van der Waals surface area contributed by atoms with Gasteiger partial charge in [0.25, 0.3) is 0 Å². The maximum Gasteiger partial charge on any atom is 0.234 e. The van der Waals surface area contributed by atoms with E-state index < -0.39 is 0 Å². The number of nitrogens with zero attached hydrogens (tertiary/aromatic N) is 2. The van der Waals surface area contributed by atoms with Gasteiger partial charge in [-0.25, -0.2) is 4.98 Å². The molecule has 0 saturated heterocycles. The number of nitriles is 1. The van der Waals surface area contributed by atoms with Crippen molar-refractivity contribution >= 4 is 34.3 Å². The van der Waals surface area contributed by atoms with Gasteiger partial charge in [-0.15, -0.1) is 0 Å². The molecule has 4 nitrogen and oxygen atoms in total. The summed E-state index contributed by atoms with van der Waals surface area (Å²) in [4.78, 5) is 16.9. The average Bonchev–Trinajstić information content (AvgIpc) is 2.63. The molecule has 0 saturated carbocycles. The van der Waals surface area contributed by atoms with Crippen LogP contribution in [0.2, 0.25) is 0 Å². The lowest BCUT2D eigenvalue weighted by Gasteiger charge is -2.10. The second-order valence-corrected chi connectivity index (χ2v) is 7.20. The maximum atomic E-state index is 12.3. The highest BCUT2D eigenvalue weighted by Crippen LogP contribution is 2.26.